The zero-order chi connectivity index (χ0) is 21.1. The molecule has 0 unspecified atom stereocenters. The summed E-state index contributed by atoms with van der Waals surface area (Å²) in [5.74, 6) is 0.657. The summed E-state index contributed by atoms with van der Waals surface area (Å²) in [4.78, 5) is 28.2. The van der Waals surface area contributed by atoms with E-state index in [0.717, 1.165) is 10.4 Å². The van der Waals surface area contributed by atoms with Gasteiger partial charge in [0.25, 0.3) is 11.8 Å². The molecule has 0 atom stereocenters. The van der Waals surface area contributed by atoms with Gasteiger partial charge in [-0.2, -0.15) is 5.10 Å². The van der Waals surface area contributed by atoms with Crippen molar-refractivity contribution in [1.82, 2.24) is 15.1 Å². The number of thiophene rings is 1. The molecule has 0 radical (unpaired) electrons. The van der Waals surface area contributed by atoms with Crippen LogP contribution >= 0.6 is 11.3 Å². The van der Waals surface area contributed by atoms with E-state index in [9.17, 15) is 9.59 Å². The second-order valence-corrected chi connectivity index (χ2v) is 7.79. The molecule has 7 nitrogen and oxygen atoms in total. The molecule has 0 fully saturated rings. The van der Waals surface area contributed by atoms with Gasteiger partial charge in [-0.3, -0.25) is 14.7 Å². The monoisotopic (exact) mass is 420 g/mol. The Morgan fingerprint density at radius 1 is 1.13 bits per heavy atom. The highest BCUT2D eigenvalue weighted by atomic mass is 32.1. The first-order valence-corrected chi connectivity index (χ1v) is 10.1. The van der Waals surface area contributed by atoms with Crippen molar-refractivity contribution in [3.8, 4) is 5.75 Å². The minimum Gasteiger partial charge on any atom is -0.497 e. The Morgan fingerprint density at radius 3 is 2.60 bits per heavy atom. The molecule has 2 N–H and O–H groups in total. The lowest BCUT2D eigenvalue weighted by molar-refractivity contribution is 0.0786. The minimum atomic E-state index is -0.294. The molecule has 8 heteroatoms. The molecule has 4 rings (SSSR count). The fraction of sp³-hybridized carbons (Fsp3) is 0.136. The van der Waals surface area contributed by atoms with E-state index in [1.807, 2.05) is 17.5 Å². The fourth-order valence-electron chi connectivity index (χ4n) is 3.09. The first-order valence-electron chi connectivity index (χ1n) is 9.26. The topological polar surface area (TPSA) is 87.3 Å². The zero-order valence-electron chi connectivity index (χ0n) is 16.5. The first kappa shape index (κ1) is 19.7. The van der Waals surface area contributed by atoms with Crippen LogP contribution < -0.4 is 10.1 Å². The molecule has 2 aromatic carbocycles. The van der Waals surface area contributed by atoms with Crippen LogP contribution in [0.15, 0.2) is 60.0 Å². The number of anilines is 1. The van der Waals surface area contributed by atoms with E-state index >= 15 is 0 Å². The van der Waals surface area contributed by atoms with Crippen LogP contribution in [0.2, 0.25) is 0 Å². The summed E-state index contributed by atoms with van der Waals surface area (Å²) in [6.45, 7) is 0.543. The molecule has 2 amide bonds. The summed E-state index contributed by atoms with van der Waals surface area (Å²) >= 11 is 1.61. The summed E-state index contributed by atoms with van der Waals surface area (Å²) in [7, 11) is 3.34. The van der Waals surface area contributed by atoms with Crippen molar-refractivity contribution in [2.45, 2.75) is 6.54 Å². The Kier molecular flexibility index (Phi) is 5.49. The van der Waals surface area contributed by atoms with Gasteiger partial charge in [0.05, 0.1) is 19.2 Å². The van der Waals surface area contributed by atoms with E-state index in [0.29, 0.717) is 34.6 Å². The average molecular weight is 420 g/mol. The quantitative estimate of drug-likeness (QED) is 0.490. The van der Waals surface area contributed by atoms with Gasteiger partial charge in [-0.15, -0.1) is 11.3 Å². The number of fused-ring (bicyclic) bond motifs is 1. The number of methoxy groups -OCH3 is 1. The van der Waals surface area contributed by atoms with Crippen molar-refractivity contribution in [1.29, 1.82) is 0 Å². The van der Waals surface area contributed by atoms with E-state index in [1.54, 1.807) is 72.9 Å². The molecule has 152 valence electrons. The largest absolute Gasteiger partial charge is 0.497 e. The van der Waals surface area contributed by atoms with Gasteiger partial charge in [0.15, 0.2) is 5.82 Å². The molecular weight excluding hydrogens is 400 g/mol. The molecule has 2 heterocycles. The molecule has 0 saturated carbocycles. The van der Waals surface area contributed by atoms with Crippen LogP contribution in [0.5, 0.6) is 5.75 Å². The number of nitrogens with one attached hydrogen (secondary N) is 2. The van der Waals surface area contributed by atoms with Crippen molar-refractivity contribution in [3.63, 3.8) is 0 Å². The summed E-state index contributed by atoms with van der Waals surface area (Å²) in [5, 5.41) is 12.6. The summed E-state index contributed by atoms with van der Waals surface area (Å²) in [6.07, 6.45) is 0. The van der Waals surface area contributed by atoms with E-state index < -0.39 is 0 Å². The van der Waals surface area contributed by atoms with Gasteiger partial charge in [-0.1, -0.05) is 6.07 Å². The van der Waals surface area contributed by atoms with Crippen LogP contribution in [0.4, 0.5) is 5.82 Å². The van der Waals surface area contributed by atoms with Gasteiger partial charge in [-0.05, 0) is 53.9 Å². The van der Waals surface area contributed by atoms with E-state index in [1.165, 1.54) is 0 Å². The van der Waals surface area contributed by atoms with Gasteiger partial charge < -0.3 is 15.0 Å². The molecular formula is C22H20N4O3S. The van der Waals surface area contributed by atoms with Gasteiger partial charge in [0, 0.05) is 28.4 Å². The van der Waals surface area contributed by atoms with Crippen molar-refractivity contribution in [2.75, 3.05) is 19.5 Å². The molecule has 2 aromatic heterocycles. The first-order chi connectivity index (χ1) is 14.5. The van der Waals surface area contributed by atoms with Gasteiger partial charge in [0.1, 0.15) is 5.75 Å². The van der Waals surface area contributed by atoms with Crippen molar-refractivity contribution >= 4 is 39.9 Å². The highest BCUT2D eigenvalue weighted by Gasteiger charge is 2.16. The number of benzene rings is 2. The smallest absolute Gasteiger partial charge is 0.256 e. The Labute approximate surface area is 177 Å². The highest BCUT2D eigenvalue weighted by molar-refractivity contribution is 7.09. The second kappa shape index (κ2) is 8.38. The SMILES string of the molecule is COc1ccc(C(=O)Nc2n[nH]c3ccc(C(=O)N(C)Cc4cccs4)cc23)cc1. The Morgan fingerprint density at radius 2 is 1.90 bits per heavy atom. The number of H-pyrrole nitrogens is 1. The zero-order valence-corrected chi connectivity index (χ0v) is 17.3. The predicted octanol–water partition coefficient (Wildman–Crippen LogP) is 4.16. The minimum absolute atomic E-state index is 0.0982. The summed E-state index contributed by atoms with van der Waals surface area (Å²) in [5.41, 5.74) is 1.75. The lowest BCUT2D eigenvalue weighted by atomic mass is 10.1. The molecule has 0 spiro atoms. The maximum Gasteiger partial charge on any atom is 0.256 e. The second-order valence-electron chi connectivity index (χ2n) is 6.76. The number of ether oxygens (including phenoxy) is 1. The fourth-order valence-corrected chi connectivity index (χ4v) is 3.85. The Hall–Kier alpha value is -3.65. The number of aromatic nitrogens is 2. The molecule has 0 saturated heterocycles. The number of nitrogens with zero attached hydrogens (tertiary/aromatic N) is 2. The molecule has 30 heavy (non-hydrogen) atoms. The number of carbonyl (C=O) groups is 2. The Bertz CT molecular complexity index is 1180. The van der Waals surface area contributed by atoms with E-state index in [2.05, 4.69) is 15.5 Å². The van der Waals surface area contributed by atoms with Crippen LogP contribution in [-0.4, -0.2) is 41.1 Å². The maximum absolute atomic E-state index is 12.9. The van der Waals surface area contributed by atoms with E-state index in [-0.39, 0.29) is 11.8 Å². The van der Waals surface area contributed by atoms with Crippen molar-refractivity contribution in [3.05, 3.63) is 76.0 Å². The number of carbonyl (C=O) groups excluding carboxylic acids is 2. The maximum atomic E-state index is 12.9. The summed E-state index contributed by atoms with van der Waals surface area (Å²) < 4.78 is 5.12. The number of aromatic amines is 1. The third kappa shape index (κ3) is 4.04. The van der Waals surface area contributed by atoms with Crippen LogP contribution in [-0.2, 0) is 6.54 Å². The molecule has 0 aliphatic rings. The third-order valence-corrected chi connectivity index (χ3v) is 5.57. The molecule has 0 aliphatic carbocycles. The van der Waals surface area contributed by atoms with Crippen LogP contribution in [0.3, 0.4) is 0 Å². The highest BCUT2D eigenvalue weighted by Crippen LogP contribution is 2.24. The van der Waals surface area contributed by atoms with Gasteiger partial charge >= 0.3 is 0 Å². The van der Waals surface area contributed by atoms with Gasteiger partial charge in [-0.25, -0.2) is 0 Å². The normalized spacial score (nSPS) is 10.7. The standard InChI is InChI=1S/C22H20N4O3S/c1-26(13-17-4-3-11-30-17)22(28)15-7-10-19-18(12-15)20(25-24-19)23-21(27)14-5-8-16(29-2)9-6-14/h3-12H,13H2,1-2H3,(H2,23,24,25,27). The van der Waals surface area contributed by atoms with Crippen molar-refractivity contribution < 1.29 is 14.3 Å². The number of hydrogen-bond donors (Lipinski definition) is 2. The lowest BCUT2D eigenvalue weighted by Crippen LogP contribution is -2.25. The number of rotatable bonds is 6. The van der Waals surface area contributed by atoms with Crippen LogP contribution in [0, 0.1) is 0 Å². The van der Waals surface area contributed by atoms with Crippen LogP contribution in [0.1, 0.15) is 25.6 Å². The Balaban J connectivity index is 1.54. The number of hydrogen-bond acceptors (Lipinski definition) is 5. The summed E-state index contributed by atoms with van der Waals surface area (Å²) in [6, 6.07) is 16.1. The number of amides is 2. The van der Waals surface area contributed by atoms with Crippen LogP contribution in [0.25, 0.3) is 10.9 Å². The van der Waals surface area contributed by atoms with Gasteiger partial charge in [0.2, 0.25) is 0 Å². The molecule has 0 aliphatic heterocycles. The lowest BCUT2D eigenvalue weighted by Gasteiger charge is -2.16. The third-order valence-electron chi connectivity index (χ3n) is 4.71. The van der Waals surface area contributed by atoms with E-state index in [4.69, 9.17) is 4.74 Å². The predicted molar refractivity (Wildman–Crippen MR) is 117 cm³/mol. The average Bonchev–Trinajstić information content (AvgIpc) is 3.43. The van der Waals surface area contributed by atoms with Crippen molar-refractivity contribution in [2.24, 2.45) is 0 Å². The molecule has 0 bridgehead atoms. The molecule has 4 aromatic rings.